The Balaban J connectivity index is 1.32. The minimum atomic E-state index is -0.183. The molecule has 1 fully saturated rings. The molecule has 156 valence electrons. The molecule has 1 aromatic heterocycles. The van der Waals surface area contributed by atoms with Crippen molar-refractivity contribution in [2.75, 3.05) is 38.1 Å². The minimum Gasteiger partial charge on any atom is -0.301 e. The summed E-state index contributed by atoms with van der Waals surface area (Å²) < 4.78 is 14.6. The summed E-state index contributed by atoms with van der Waals surface area (Å²) in [4.78, 5) is 9.26. The van der Waals surface area contributed by atoms with Crippen LogP contribution in [0.15, 0.2) is 59.0 Å². The summed E-state index contributed by atoms with van der Waals surface area (Å²) in [7, 11) is 0. The van der Waals surface area contributed by atoms with Gasteiger partial charge in [0.15, 0.2) is 0 Å². The Morgan fingerprint density at radius 3 is 2.60 bits per heavy atom. The molecule has 0 atom stereocenters. The number of rotatable bonds is 7. The maximum Gasteiger partial charge on any atom is 0.203 e. The maximum atomic E-state index is 14.6. The lowest BCUT2D eigenvalue weighted by molar-refractivity contribution is 0.131. The van der Waals surface area contributed by atoms with Crippen LogP contribution in [0.3, 0.4) is 0 Å². The fourth-order valence-electron chi connectivity index (χ4n) is 3.51. The number of anilines is 1. The largest absolute Gasteiger partial charge is 0.301 e. The Hall–Kier alpha value is -2.61. The molecule has 1 N–H and O–H groups in total. The summed E-state index contributed by atoms with van der Waals surface area (Å²) in [6.45, 7) is 7.99. The number of aromatic nitrogens is 1. The third kappa shape index (κ3) is 5.30. The van der Waals surface area contributed by atoms with Gasteiger partial charge in [0.25, 0.3) is 0 Å². The number of nitrogens with one attached hydrogen (secondary N) is 1. The molecule has 1 aliphatic heterocycles. The van der Waals surface area contributed by atoms with Gasteiger partial charge in [-0.25, -0.2) is 9.37 Å². The van der Waals surface area contributed by atoms with E-state index in [1.54, 1.807) is 12.3 Å². The van der Waals surface area contributed by atoms with Crippen LogP contribution in [0.4, 0.5) is 9.52 Å². The van der Waals surface area contributed by atoms with Gasteiger partial charge in [-0.05, 0) is 18.2 Å². The van der Waals surface area contributed by atoms with E-state index in [1.807, 2.05) is 47.8 Å². The standard InChI is InChI=1S/C23H26FN5S/c1-2-28-10-12-29(13-11-28)16-20-9-8-18(14-21(20)24)15-25-27-23-26-22(17-30-23)19-6-4-3-5-7-19/h3-9,14-15,17H,2,10-13,16H2,1H3,(H,26,27). The van der Waals surface area contributed by atoms with Crippen molar-refractivity contribution in [1.29, 1.82) is 0 Å². The van der Waals surface area contributed by atoms with Crippen molar-refractivity contribution in [3.8, 4) is 11.3 Å². The average molecular weight is 424 g/mol. The normalized spacial score (nSPS) is 15.7. The van der Waals surface area contributed by atoms with Crippen LogP contribution in [-0.4, -0.2) is 53.7 Å². The highest BCUT2D eigenvalue weighted by atomic mass is 32.1. The molecule has 7 heteroatoms. The van der Waals surface area contributed by atoms with Crippen molar-refractivity contribution in [1.82, 2.24) is 14.8 Å². The van der Waals surface area contributed by atoms with Gasteiger partial charge in [-0.1, -0.05) is 49.4 Å². The third-order valence-corrected chi connectivity index (χ3v) is 6.08. The van der Waals surface area contributed by atoms with Crippen molar-refractivity contribution in [2.24, 2.45) is 5.10 Å². The number of hydrogen-bond donors (Lipinski definition) is 1. The highest BCUT2D eigenvalue weighted by Crippen LogP contribution is 2.24. The summed E-state index contributed by atoms with van der Waals surface area (Å²) in [5.74, 6) is -0.183. The fourth-order valence-corrected chi connectivity index (χ4v) is 4.17. The highest BCUT2D eigenvalue weighted by Gasteiger charge is 2.16. The molecule has 1 aliphatic rings. The van der Waals surface area contributed by atoms with Crippen molar-refractivity contribution in [3.05, 3.63) is 70.9 Å². The van der Waals surface area contributed by atoms with E-state index in [-0.39, 0.29) is 5.82 Å². The van der Waals surface area contributed by atoms with Crippen LogP contribution in [-0.2, 0) is 6.54 Å². The number of halogens is 1. The first kappa shape index (κ1) is 20.7. The monoisotopic (exact) mass is 423 g/mol. The van der Waals surface area contributed by atoms with E-state index in [1.165, 1.54) is 11.3 Å². The van der Waals surface area contributed by atoms with Crippen molar-refractivity contribution in [2.45, 2.75) is 13.5 Å². The molecule has 3 aromatic rings. The SMILES string of the molecule is CCN1CCN(Cc2ccc(C=NNc3nc(-c4ccccc4)cs3)cc2F)CC1. The van der Waals surface area contributed by atoms with Gasteiger partial charge in [0.05, 0.1) is 11.9 Å². The van der Waals surface area contributed by atoms with Gasteiger partial charge in [0, 0.05) is 49.2 Å². The van der Waals surface area contributed by atoms with Crippen LogP contribution in [0.2, 0.25) is 0 Å². The van der Waals surface area contributed by atoms with E-state index in [9.17, 15) is 4.39 Å². The molecular weight excluding hydrogens is 397 g/mol. The molecule has 4 rings (SSSR count). The zero-order valence-electron chi connectivity index (χ0n) is 17.1. The van der Waals surface area contributed by atoms with Gasteiger partial charge >= 0.3 is 0 Å². The molecule has 5 nitrogen and oxygen atoms in total. The van der Waals surface area contributed by atoms with Gasteiger partial charge in [-0.3, -0.25) is 10.3 Å². The summed E-state index contributed by atoms with van der Waals surface area (Å²) in [6.07, 6.45) is 1.62. The summed E-state index contributed by atoms with van der Waals surface area (Å²) in [6, 6.07) is 15.3. The van der Waals surface area contributed by atoms with Crippen LogP contribution >= 0.6 is 11.3 Å². The molecule has 2 heterocycles. The molecule has 0 amide bonds. The molecule has 0 saturated carbocycles. The molecule has 0 radical (unpaired) electrons. The Labute approximate surface area is 180 Å². The third-order valence-electron chi connectivity index (χ3n) is 5.33. The highest BCUT2D eigenvalue weighted by molar-refractivity contribution is 7.14. The van der Waals surface area contributed by atoms with Crippen molar-refractivity contribution in [3.63, 3.8) is 0 Å². The zero-order chi connectivity index (χ0) is 20.8. The molecule has 0 spiro atoms. The lowest BCUT2D eigenvalue weighted by atomic mass is 10.1. The molecule has 1 saturated heterocycles. The number of hydrazone groups is 1. The van der Waals surface area contributed by atoms with E-state index in [2.05, 4.69) is 32.2 Å². The summed E-state index contributed by atoms with van der Waals surface area (Å²) in [5.41, 5.74) is 6.37. The van der Waals surface area contributed by atoms with E-state index in [0.717, 1.165) is 55.1 Å². The van der Waals surface area contributed by atoms with Crippen LogP contribution in [0.1, 0.15) is 18.1 Å². The Bertz CT molecular complexity index is 980. The molecule has 30 heavy (non-hydrogen) atoms. The second kappa shape index (κ2) is 9.93. The number of thiazole rings is 1. The number of benzene rings is 2. The van der Waals surface area contributed by atoms with Crippen LogP contribution in [0.25, 0.3) is 11.3 Å². The van der Waals surface area contributed by atoms with Crippen molar-refractivity contribution < 1.29 is 4.39 Å². The maximum absolute atomic E-state index is 14.6. The van der Waals surface area contributed by atoms with Gasteiger partial charge < -0.3 is 4.90 Å². The van der Waals surface area contributed by atoms with Gasteiger partial charge in [0.1, 0.15) is 5.82 Å². The molecule has 0 bridgehead atoms. The van der Waals surface area contributed by atoms with E-state index >= 15 is 0 Å². The summed E-state index contributed by atoms with van der Waals surface area (Å²) in [5, 5.41) is 6.90. The first-order valence-corrected chi connectivity index (χ1v) is 11.1. The average Bonchev–Trinajstić information content (AvgIpc) is 3.26. The first-order valence-electron chi connectivity index (χ1n) is 10.2. The van der Waals surface area contributed by atoms with Crippen LogP contribution in [0.5, 0.6) is 0 Å². The second-order valence-corrected chi connectivity index (χ2v) is 8.19. The second-order valence-electron chi connectivity index (χ2n) is 7.34. The van der Waals surface area contributed by atoms with E-state index in [0.29, 0.717) is 11.7 Å². The van der Waals surface area contributed by atoms with Gasteiger partial charge in [-0.2, -0.15) is 5.10 Å². The number of nitrogens with zero attached hydrogens (tertiary/aromatic N) is 4. The zero-order valence-corrected chi connectivity index (χ0v) is 17.9. The fraction of sp³-hybridized carbons (Fsp3) is 0.304. The number of piperazine rings is 1. The van der Waals surface area contributed by atoms with E-state index < -0.39 is 0 Å². The van der Waals surface area contributed by atoms with Gasteiger partial charge in [0.2, 0.25) is 5.13 Å². The number of hydrogen-bond acceptors (Lipinski definition) is 6. The molecule has 0 aliphatic carbocycles. The molecular formula is C23H26FN5S. The molecule has 0 unspecified atom stereocenters. The summed E-state index contributed by atoms with van der Waals surface area (Å²) >= 11 is 1.49. The smallest absolute Gasteiger partial charge is 0.203 e. The Kier molecular flexibility index (Phi) is 6.84. The van der Waals surface area contributed by atoms with Crippen LogP contribution in [0, 0.1) is 5.82 Å². The molecule has 2 aromatic carbocycles. The predicted molar refractivity (Wildman–Crippen MR) is 123 cm³/mol. The van der Waals surface area contributed by atoms with Crippen molar-refractivity contribution >= 4 is 22.7 Å². The Morgan fingerprint density at radius 1 is 1.10 bits per heavy atom. The minimum absolute atomic E-state index is 0.183. The first-order chi connectivity index (χ1) is 14.7. The van der Waals surface area contributed by atoms with Gasteiger partial charge in [-0.15, -0.1) is 11.3 Å². The topological polar surface area (TPSA) is 43.8 Å². The quantitative estimate of drug-likeness (QED) is 0.448. The number of likely N-dealkylation sites (N-methyl/N-ethyl adjacent to an activating group) is 1. The lowest BCUT2D eigenvalue weighted by Crippen LogP contribution is -2.45. The van der Waals surface area contributed by atoms with Crippen LogP contribution < -0.4 is 5.43 Å². The predicted octanol–water partition coefficient (Wildman–Crippen LogP) is 4.53. The lowest BCUT2D eigenvalue weighted by Gasteiger charge is -2.34. The Morgan fingerprint density at radius 2 is 1.87 bits per heavy atom. The van der Waals surface area contributed by atoms with E-state index in [4.69, 9.17) is 0 Å².